The highest BCUT2D eigenvalue weighted by Gasteiger charge is 1.88. The van der Waals surface area contributed by atoms with Crippen LogP contribution in [0.15, 0.2) is 4.99 Å². The maximum Gasteiger partial charge on any atom is 0.0855 e. The number of nitrogens with zero attached hydrogens (tertiary/aromatic N) is 1. The molecule has 0 saturated carbocycles. The Morgan fingerprint density at radius 1 is 1.75 bits per heavy atom. The predicted molar refractivity (Wildman–Crippen MR) is 37.0 cm³/mol. The van der Waals surface area contributed by atoms with E-state index in [2.05, 4.69) is 18.8 Å². The van der Waals surface area contributed by atoms with Crippen LogP contribution in [-0.4, -0.2) is 12.9 Å². The Kier molecular flexibility index (Phi) is 4.56. The summed E-state index contributed by atoms with van der Waals surface area (Å²) in [5.41, 5.74) is 5.13. The minimum absolute atomic E-state index is 0.421. The standard InChI is InChI=1S/C6H14N2/c1-3-6(2)4-8-5-7/h4,6H,3,5,7H2,1-2H3/b8-4-. The monoisotopic (exact) mass is 114 g/mol. The fourth-order valence-electron chi connectivity index (χ4n) is 0.346. The van der Waals surface area contributed by atoms with Gasteiger partial charge in [0, 0.05) is 6.21 Å². The number of aliphatic imine (C=N–C) groups is 1. The lowest BCUT2D eigenvalue weighted by molar-refractivity contribution is 0.750. The molecule has 0 aromatic rings. The molecule has 48 valence electrons. The zero-order valence-corrected chi connectivity index (χ0v) is 5.59. The number of hydrogen-bond acceptors (Lipinski definition) is 2. The van der Waals surface area contributed by atoms with Crippen LogP contribution in [0, 0.1) is 5.92 Å². The van der Waals surface area contributed by atoms with Crippen molar-refractivity contribution >= 4 is 6.21 Å². The van der Waals surface area contributed by atoms with Crippen LogP contribution in [0.3, 0.4) is 0 Å². The van der Waals surface area contributed by atoms with Crippen LogP contribution in [0.5, 0.6) is 0 Å². The summed E-state index contributed by atoms with van der Waals surface area (Å²) in [6, 6.07) is 0. The van der Waals surface area contributed by atoms with E-state index in [1.807, 2.05) is 6.21 Å². The van der Waals surface area contributed by atoms with Gasteiger partial charge in [-0.05, 0) is 12.3 Å². The van der Waals surface area contributed by atoms with E-state index in [0.29, 0.717) is 12.6 Å². The molecule has 0 rings (SSSR count). The van der Waals surface area contributed by atoms with Crippen LogP contribution >= 0.6 is 0 Å². The molecule has 1 atom stereocenters. The van der Waals surface area contributed by atoms with Gasteiger partial charge < -0.3 is 5.73 Å². The third-order valence-corrected chi connectivity index (χ3v) is 1.11. The molecule has 2 N–H and O–H groups in total. The van der Waals surface area contributed by atoms with Crippen molar-refractivity contribution in [3.63, 3.8) is 0 Å². The summed E-state index contributed by atoms with van der Waals surface area (Å²) in [4.78, 5) is 3.90. The van der Waals surface area contributed by atoms with Crippen molar-refractivity contribution < 1.29 is 0 Å². The maximum absolute atomic E-state index is 5.13. The Morgan fingerprint density at radius 2 is 2.38 bits per heavy atom. The molecule has 0 aliphatic carbocycles. The largest absolute Gasteiger partial charge is 0.312 e. The summed E-state index contributed by atoms with van der Waals surface area (Å²) in [5, 5.41) is 0. The van der Waals surface area contributed by atoms with E-state index in [1.54, 1.807) is 0 Å². The summed E-state index contributed by atoms with van der Waals surface area (Å²) < 4.78 is 0. The second-order valence-corrected chi connectivity index (χ2v) is 1.90. The summed E-state index contributed by atoms with van der Waals surface area (Å²) >= 11 is 0. The van der Waals surface area contributed by atoms with Gasteiger partial charge in [-0.3, -0.25) is 4.99 Å². The fourth-order valence-corrected chi connectivity index (χ4v) is 0.346. The predicted octanol–water partition coefficient (Wildman–Crippen LogP) is 1.02. The lowest BCUT2D eigenvalue weighted by Crippen LogP contribution is -1.98. The third kappa shape index (κ3) is 3.81. The molecule has 0 radical (unpaired) electrons. The van der Waals surface area contributed by atoms with Crippen LogP contribution in [0.25, 0.3) is 0 Å². The molecule has 0 aromatic heterocycles. The summed E-state index contributed by atoms with van der Waals surface area (Å²) in [6.07, 6.45) is 3.05. The molecule has 0 aromatic carbocycles. The molecule has 0 amide bonds. The zero-order chi connectivity index (χ0) is 6.41. The normalized spacial score (nSPS) is 14.9. The van der Waals surface area contributed by atoms with Crippen molar-refractivity contribution in [2.45, 2.75) is 20.3 Å². The maximum atomic E-state index is 5.13. The van der Waals surface area contributed by atoms with E-state index in [-0.39, 0.29) is 0 Å². The lowest BCUT2D eigenvalue weighted by Gasteiger charge is -1.95. The van der Waals surface area contributed by atoms with Crippen LogP contribution in [0.4, 0.5) is 0 Å². The molecule has 1 unspecified atom stereocenters. The van der Waals surface area contributed by atoms with Gasteiger partial charge in [0.25, 0.3) is 0 Å². The molecule has 0 aliphatic heterocycles. The summed E-state index contributed by atoms with van der Waals surface area (Å²) in [7, 11) is 0. The first kappa shape index (κ1) is 7.63. The van der Waals surface area contributed by atoms with Gasteiger partial charge in [-0.15, -0.1) is 0 Å². The summed E-state index contributed by atoms with van der Waals surface area (Å²) in [6.45, 7) is 4.68. The zero-order valence-electron chi connectivity index (χ0n) is 5.59. The van der Waals surface area contributed by atoms with Crippen molar-refractivity contribution in [1.29, 1.82) is 0 Å². The van der Waals surface area contributed by atoms with Crippen molar-refractivity contribution in [2.75, 3.05) is 6.67 Å². The highest BCUT2D eigenvalue weighted by atomic mass is 14.8. The highest BCUT2D eigenvalue weighted by Crippen LogP contribution is 1.93. The second-order valence-electron chi connectivity index (χ2n) is 1.90. The van der Waals surface area contributed by atoms with E-state index < -0.39 is 0 Å². The van der Waals surface area contributed by atoms with E-state index in [0.717, 1.165) is 6.42 Å². The van der Waals surface area contributed by atoms with Crippen LogP contribution in [0.2, 0.25) is 0 Å². The van der Waals surface area contributed by atoms with Gasteiger partial charge in [0.1, 0.15) is 0 Å². The van der Waals surface area contributed by atoms with Crippen molar-refractivity contribution in [1.82, 2.24) is 0 Å². The first-order valence-corrected chi connectivity index (χ1v) is 3.01. The van der Waals surface area contributed by atoms with Gasteiger partial charge in [-0.2, -0.15) is 0 Å². The first-order valence-electron chi connectivity index (χ1n) is 3.01. The molecule has 0 heterocycles. The van der Waals surface area contributed by atoms with Crippen LogP contribution in [-0.2, 0) is 0 Å². The van der Waals surface area contributed by atoms with Gasteiger partial charge in [0.05, 0.1) is 6.67 Å². The van der Waals surface area contributed by atoms with Gasteiger partial charge in [-0.1, -0.05) is 13.8 Å². The first-order chi connectivity index (χ1) is 3.81. The number of nitrogens with two attached hydrogens (primary N) is 1. The van der Waals surface area contributed by atoms with Crippen LogP contribution < -0.4 is 5.73 Å². The van der Waals surface area contributed by atoms with Crippen molar-refractivity contribution in [2.24, 2.45) is 16.6 Å². The Balaban J connectivity index is 3.21. The Morgan fingerprint density at radius 3 is 2.75 bits per heavy atom. The van der Waals surface area contributed by atoms with Crippen LogP contribution in [0.1, 0.15) is 20.3 Å². The molecular weight excluding hydrogens is 100 g/mol. The molecule has 0 aliphatic rings. The molecule has 0 fully saturated rings. The topological polar surface area (TPSA) is 38.4 Å². The molecule has 2 nitrogen and oxygen atoms in total. The fraction of sp³-hybridized carbons (Fsp3) is 0.833. The molecule has 0 spiro atoms. The van der Waals surface area contributed by atoms with Gasteiger partial charge in [0.2, 0.25) is 0 Å². The molecule has 2 heteroatoms. The highest BCUT2D eigenvalue weighted by molar-refractivity contribution is 5.59. The molecule has 0 saturated heterocycles. The number of hydrogen-bond donors (Lipinski definition) is 1. The molecule has 8 heavy (non-hydrogen) atoms. The lowest BCUT2D eigenvalue weighted by atomic mass is 10.1. The quantitative estimate of drug-likeness (QED) is 0.546. The Hall–Kier alpha value is -0.370. The van der Waals surface area contributed by atoms with Gasteiger partial charge in [-0.25, -0.2) is 0 Å². The van der Waals surface area contributed by atoms with Crippen molar-refractivity contribution in [3.8, 4) is 0 Å². The minimum Gasteiger partial charge on any atom is -0.312 e. The van der Waals surface area contributed by atoms with E-state index in [1.165, 1.54) is 0 Å². The third-order valence-electron chi connectivity index (χ3n) is 1.11. The second kappa shape index (κ2) is 4.78. The van der Waals surface area contributed by atoms with Crippen molar-refractivity contribution in [3.05, 3.63) is 0 Å². The Bertz CT molecular complexity index is 68.9. The summed E-state index contributed by atoms with van der Waals surface area (Å²) in [5.74, 6) is 0.582. The SMILES string of the molecule is CCC(C)/C=N\CN. The Labute approximate surface area is 50.8 Å². The van der Waals surface area contributed by atoms with Gasteiger partial charge in [0.15, 0.2) is 0 Å². The van der Waals surface area contributed by atoms with E-state index >= 15 is 0 Å². The minimum atomic E-state index is 0.421. The number of rotatable bonds is 3. The average Bonchev–Trinajstić information content (AvgIpc) is 1.83. The average molecular weight is 114 g/mol. The van der Waals surface area contributed by atoms with E-state index in [9.17, 15) is 0 Å². The van der Waals surface area contributed by atoms with Gasteiger partial charge >= 0.3 is 0 Å². The van der Waals surface area contributed by atoms with E-state index in [4.69, 9.17) is 5.73 Å². The molecule has 0 bridgehead atoms. The molecular formula is C6H14N2. The smallest absolute Gasteiger partial charge is 0.0855 e.